The van der Waals surface area contributed by atoms with Gasteiger partial charge in [0.05, 0.1) is 18.7 Å². The first-order valence-corrected chi connectivity index (χ1v) is 7.60. The van der Waals surface area contributed by atoms with E-state index in [9.17, 15) is 24.9 Å². The van der Waals surface area contributed by atoms with Gasteiger partial charge in [-0.2, -0.15) is 4.98 Å². The molecule has 0 unspecified atom stereocenters. The number of rotatable bonds is 5. The molecule has 3 atom stereocenters. The minimum Gasteiger partial charge on any atom is -0.394 e. The SMILES string of the molecule is O=c1nc2n(C[C@@H](O)[C@@H](O)[C@H](O)CO)c3ccccc3cc-2c(=O)[nH]1. The van der Waals surface area contributed by atoms with Crippen LogP contribution in [0.2, 0.25) is 0 Å². The molecule has 0 bridgehead atoms. The Morgan fingerprint density at radius 2 is 1.84 bits per heavy atom. The second-order valence-electron chi connectivity index (χ2n) is 5.73. The quantitative estimate of drug-likeness (QED) is 0.344. The molecule has 2 aliphatic rings. The maximum absolute atomic E-state index is 12.1. The number of aromatic nitrogens is 3. The molecule has 0 saturated carbocycles. The number of benzene rings is 1. The molecule has 0 aliphatic carbocycles. The number of pyridine rings is 1. The number of aliphatic hydroxyl groups is 4. The molecule has 0 radical (unpaired) electrons. The highest BCUT2D eigenvalue weighted by molar-refractivity contribution is 5.85. The molecule has 0 amide bonds. The summed E-state index contributed by atoms with van der Waals surface area (Å²) in [5, 5.41) is 39.2. The lowest BCUT2D eigenvalue weighted by atomic mass is 10.1. The predicted octanol–water partition coefficient (Wildman–Crippen LogP) is -1.74. The Kier molecular flexibility index (Phi) is 4.64. The van der Waals surface area contributed by atoms with Gasteiger partial charge in [0.1, 0.15) is 18.3 Å². The number of para-hydroxylation sites is 1. The van der Waals surface area contributed by atoms with E-state index in [2.05, 4.69) is 9.97 Å². The normalized spacial score (nSPS) is 15.4. The molecule has 0 fully saturated rings. The second-order valence-corrected chi connectivity index (χ2v) is 5.73. The van der Waals surface area contributed by atoms with Gasteiger partial charge < -0.3 is 25.0 Å². The van der Waals surface area contributed by atoms with Crippen LogP contribution in [-0.4, -0.2) is 59.9 Å². The third kappa shape index (κ3) is 3.17. The number of aliphatic hydroxyl groups excluding tert-OH is 4. The molecular weight excluding hydrogens is 330 g/mol. The van der Waals surface area contributed by atoms with Crippen LogP contribution in [0.3, 0.4) is 0 Å². The molecule has 0 spiro atoms. The van der Waals surface area contributed by atoms with Crippen LogP contribution in [0.4, 0.5) is 0 Å². The van der Waals surface area contributed by atoms with Crippen LogP contribution >= 0.6 is 0 Å². The molecular formula is C16H17N3O6. The Labute approximate surface area is 140 Å². The average molecular weight is 347 g/mol. The third-order valence-electron chi connectivity index (χ3n) is 4.04. The van der Waals surface area contributed by atoms with Gasteiger partial charge in [-0.05, 0) is 17.5 Å². The summed E-state index contributed by atoms with van der Waals surface area (Å²) in [7, 11) is 0. The fourth-order valence-corrected chi connectivity index (χ4v) is 2.76. The standard InChI is InChI=1S/C16H17N3O6/c20-7-12(22)13(23)11(21)6-19-10-4-2-1-3-8(10)5-9-14(19)17-16(25)18-15(9)24/h1-5,11-13,20-23H,6-7H2,(H,18,24,25)/t11-,12-,13-/m1/s1. The van der Waals surface area contributed by atoms with Gasteiger partial charge in [0, 0.05) is 5.52 Å². The first-order valence-electron chi connectivity index (χ1n) is 7.60. The van der Waals surface area contributed by atoms with Crippen molar-refractivity contribution in [3.05, 3.63) is 51.2 Å². The van der Waals surface area contributed by atoms with Gasteiger partial charge in [0.2, 0.25) is 0 Å². The Bertz CT molecular complexity index is 982. The van der Waals surface area contributed by atoms with Crippen LogP contribution in [-0.2, 0) is 6.54 Å². The van der Waals surface area contributed by atoms with E-state index in [1.54, 1.807) is 30.3 Å². The Balaban J connectivity index is 2.20. The molecule has 0 aromatic heterocycles. The molecule has 2 heterocycles. The topological polar surface area (TPSA) is 149 Å². The van der Waals surface area contributed by atoms with E-state index in [1.807, 2.05) is 0 Å². The Morgan fingerprint density at radius 1 is 1.12 bits per heavy atom. The third-order valence-corrected chi connectivity index (χ3v) is 4.04. The fraction of sp³-hybridized carbons (Fsp3) is 0.312. The minimum absolute atomic E-state index is 0.0530. The van der Waals surface area contributed by atoms with Crippen LogP contribution in [0.25, 0.3) is 22.3 Å². The molecule has 5 N–H and O–H groups in total. The van der Waals surface area contributed by atoms with Crippen molar-refractivity contribution in [2.45, 2.75) is 24.9 Å². The summed E-state index contributed by atoms with van der Waals surface area (Å²) in [6.07, 6.45) is -4.60. The van der Waals surface area contributed by atoms with E-state index in [4.69, 9.17) is 5.11 Å². The lowest BCUT2D eigenvalue weighted by molar-refractivity contribution is -0.0802. The zero-order valence-corrected chi connectivity index (χ0v) is 13.0. The highest BCUT2D eigenvalue weighted by atomic mass is 16.4. The Morgan fingerprint density at radius 3 is 2.56 bits per heavy atom. The zero-order valence-electron chi connectivity index (χ0n) is 13.0. The summed E-state index contributed by atoms with van der Waals surface area (Å²) in [5.74, 6) is 0.0530. The van der Waals surface area contributed by atoms with Crippen molar-refractivity contribution in [2.75, 3.05) is 6.61 Å². The predicted molar refractivity (Wildman–Crippen MR) is 88.4 cm³/mol. The number of fused-ring (bicyclic) bond motifs is 2. The van der Waals surface area contributed by atoms with Crippen molar-refractivity contribution >= 4 is 10.9 Å². The van der Waals surface area contributed by atoms with Crippen LogP contribution in [0.15, 0.2) is 39.9 Å². The summed E-state index contributed by atoms with van der Waals surface area (Å²) in [6.45, 7) is -0.965. The van der Waals surface area contributed by atoms with Crippen LogP contribution < -0.4 is 11.2 Å². The molecule has 0 saturated heterocycles. The van der Waals surface area contributed by atoms with Gasteiger partial charge >= 0.3 is 5.69 Å². The van der Waals surface area contributed by atoms with Crippen molar-refractivity contribution in [1.29, 1.82) is 0 Å². The van der Waals surface area contributed by atoms with E-state index in [0.29, 0.717) is 10.9 Å². The zero-order chi connectivity index (χ0) is 18.1. The summed E-state index contributed by atoms with van der Waals surface area (Å²) in [6, 6.07) is 8.55. The van der Waals surface area contributed by atoms with E-state index in [0.717, 1.165) is 0 Å². The molecule has 1 aromatic carbocycles. The molecule has 1 aromatic rings. The summed E-state index contributed by atoms with van der Waals surface area (Å²) >= 11 is 0. The smallest absolute Gasteiger partial charge is 0.349 e. The largest absolute Gasteiger partial charge is 0.394 e. The number of H-pyrrole nitrogens is 1. The molecule has 9 heteroatoms. The van der Waals surface area contributed by atoms with Crippen molar-refractivity contribution in [3.63, 3.8) is 0 Å². The molecule has 2 aliphatic heterocycles. The van der Waals surface area contributed by atoms with Crippen LogP contribution in [0, 0.1) is 0 Å². The maximum Gasteiger partial charge on any atom is 0.349 e. The molecule has 9 nitrogen and oxygen atoms in total. The van der Waals surface area contributed by atoms with Gasteiger partial charge in [-0.3, -0.25) is 9.78 Å². The highest BCUT2D eigenvalue weighted by Gasteiger charge is 2.26. The highest BCUT2D eigenvalue weighted by Crippen LogP contribution is 2.24. The average Bonchev–Trinajstić information content (AvgIpc) is 2.60. The van der Waals surface area contributed by atoms with Crippen molar-refractivity contribution in [1.82, 2.24) is 14.5 Å². The maximum atomic E-state index is 12.1. The second kappa shape index (κ2) is 6.73. The lowest BCUT2D eigenvalue weighted by Crippen LogP contribution is -2.42. The molecule has 132 valence electrons. The van der Waals surface area contributed by atoms with Gasteiger partial charge in [-0.1, -0.05) is 18.2 Å². The Hall–Kier alpha value is -2.59. The van der Waals surface area contributed by atoms with E-state index >= 15 is 0 Å². The van der Waals surface area contributed by atoms with Gasteiger partial charge in [0.25, 0.3) is 5.56 Å². The number of hydrogen-bond acceptors (Lipinski definition) is 7. The van der Waals surface area contributed by atoms with Crippen LogP contribution in [0.1, 0.15) is 0 Å². The van der Waals surface area contributed by atoms with E-state index in [1.165, 1.54) is 4.57 Å². The van der Waals surface area contributed by atoms with Gasteiger partial charge in [0.15, 0.2) is 5.82 Å². The number of hydrogen-bond donors (Lipinski definition) is 5. The van der Waals surface area contributed by atoms with E-state index < -0.39 is 36.2 Å². The number of aromatic amines is 1. The van der Waals surface area contributed by atoms with Crippen LogP contribution in [0.5, 0.6) is 0 Å². The van der Waals surface area contributed by atoms with Crippen molar-refractivity contribution < 1.29 is 20.4 Å². The van der Waals surface area contributed by atoms with Crippen molar-refractivity contribution in [3.8, 4) is 11.4 Å². The lowest BCUT2D eigenvalue weighted by Gasteiger charge is -2.25. The first kappa shape index (κ1) is 17.2. The molecule has 25 heavy (non-hydrogen) atoms. The minimum atomic E-state index is -1.61. The first-order chi connectivity index (χ1) is 11.9. The van der Waals surface area contributed by atoms with Gasteiger partial charge in [-0.25, -0.2) is 4.79 Å². The number of nitrogens with one attached hydrogen (secondary N) is 1. The fourth-order valence-electron chi connectivity index (χ4n) is 2.76. The summed E-state index contributed by atoms with van der Waals surface area (Å²) in [4.78, 5) is 29.6. The van der Waals surface area contributed by atoms with Gasteiger partial charge in [-0.15, -0.1) is 0 Å². The van der Waals surface area contributed by atoms with Crippen molar-refractivity contribution in [2.24, 2.45) is 0 Å². The summed E-state index contributed by atoms with van der Waals surface area (Å²) in [5.41, 5.74) is -0.702. The summed E-state index contributed by atoms with van der Waals surface area (Å²) < 4.78 is 1.43. The molecule has 3 rings (SSSR count). The van der Waals surface area contributed by atoms with E-state index in [-0.39, 0.29) is 17.9 Å². The monoisotopic (exact) mass is 347 g/mol. The number of nitrogens with zero attached hydrogens (tertiary/aromatic N) is 2.